The molecule has 5 nitrogen and oxygen atoms in total. The highest BCUT2D eigenvalue weighted by atomic mass is 32.2. The van der Waals surface area contributed by atoms with Gasteiger partial charge in [0, 0.05) is 13.0 Å². The average molecular weight is 231 g/mol. The number of nitrogens with zero attached hydrogens (tertiary/aromatic N) is 1. The molecule has 0 aromatic carbocycles. The zero-order chi connectivity index (χ0) is 11.2. The number of hydrogen-bond acceptors (Lipinski definition) is 5. The van der Waals surface area contributed by atoms with Crippen molar-refractivity contribution in [3.8, 4) is 6.07 Å². The monoisotopic (exact) mass is 231 g/mol. The lowest BCUT2D eigenvalue weighted by Gasteiger charge is -2.34. The van der Waals surface area contributed by atoms with Gasteiger partial charge in [0.25, 0.3) is 0 Å². The van der Waals surface area contributed by atoms with Gasteiger partial charge in [-0.25, -0.2) is 8.42 Å². The van der Waals surface area contributed by atoms with Gasteiger partial charge < -0.3 is 9.84 Å². The normalized spacial score (nSPS) is 44.0. The van der Waals surface area contributed by atoms with Crippen LogP contribution in [0.25, 0.3) is 0 Å². The lowest BCUT2D eigenvalue weighted by molar-refractivity contribution is -0.0476. The summed E-state index contributed by atoms with van der Waals surface area (Å²) in [5.74, 6) is -0.251. The van der Waals surface area contributed by atoms with Gasteiger partial charge in [-0.05, 0) is 6.42 Å². The molecule has 0 saturated carbocycles. The van der Waals surface area contributed by atoms with Crippen molar-refractivity contribution in [1.82, 2.24) is 0 Å². The molecule has 0 bridgehead atoms. The lowest BCUT2D eigenvalue weighted by Crippen LogP contribution is -2.49. The van der Waals surface area contributed by atoms with Gasteiger partial charge in [0.05, 0.1) is 24.2 Å². The summed E-state index contributed by atoms with van der Waals surface area (Å²) in [5, 5.41) is 19.4. The Labute approximate surface area is 88.6 Å². The fraction of sp³-hybridized carbons (Fsp3) is 0.889. The van der Waals surface area contributed by atoms with Crippen molar-refractivity contribution in [3.05, 3.63) is 0 Å². The van der Waals surface area contributed by atoms with E-state index in [0.717, 1.165) is 0 Å². The average Bonchev–Trinajstić information content (AvgIpc) is 2.72. The Morgan fingerprint density at radius 1 is 1.40 bits per heavy atom. The van der Waals surface area contributed by atoms with E-state index in [-0.39, 0.29) is 24.5 Å². The number of hydrogen-bond donors (Lipinski definition) is 1. The van der Waals surface area contributed by atoms with Crippen LogP contribution in [0.1, 0.15) is 12.8 Å². The van der Waals surface area contributed by atoms with Gasteiger partial charge in [0.15, 0.2) is 9.84 Å². The topological polar surface area (TPSA) is 87.4 Å². The van der Waals surface area contributed by atoms with E-state index in [2.05, 4.69) is 0 Å². The van der Waals surface area contributed by atoms with Crippen LogP contribution in [0, 0.1) is 16.7 Å². The van der Waals surface area contributed by atoms with Gasteiger partial charge in [-0.3, -0.25) is 0 Å². The van der Waals surface area contributed by atoms with Crippen molar-refractivity contribution >= 4 is 9.84 Å². The van der Waals surface area contributed by atoms with Crippen molar-refractivity contribution in [2.24, 2.45) is 5.41 Å². The van der Waals surface area contributed by atoms with Crippen LogP contribution in [0.15, 0.2) is 0 Å². The van der Waals surface area contributed by atoms with Crippen LogP contribution in [0.5, 0.6) is 0 Å². The molecule has 6 heteroatoms. The van der Waals surface area contributed by atoms with Gasteiger partial charge in [-0.15, -0.1) is 0 Å². The summed E-state index contributed by atoms with van der Waals surface area (Å²) in [6.45, 7) is 0.454. The van der Waals surface area contributed by atoms with E-state index in [1.54, 1.807) is 0 Å². The van der Waals surface area contributed by atoms with Gasteiger partial charge >= 0.3 is 0 Å². The van der Waals surface area contributed by atoms with Crippen molar-refractivity contribution < 1.29 is 18.3 Å². The third kappa shape index (κ3) is 1.55. The maximum absolute atomic E-state index is 11.4. The SMILES string of the molecule is N#CC1(C2(O)CCOC2)CCS(=O)(=O)C1. The van der Waals surface area contributed by atoms with Crippen LogP contribution < -0.4 is 0 Å². The first-order valence-electron chi connectivity index (χ1n) is 4.85. The van der Waals surface area contributed by atoms with Gasteiger partial charge in [0.1, 0.15) is 11.0 Å². The van der Waals surface area contributed by atoms with Crippen LogP contribution in [0.2, 0.25) is 0 Å². The Morgan fingerprint density at radius 2 is 2.13 bits per heavy atom. The summed E-state index contributed by atoms with van der Waals surface area (Å²) in [4.78, 5) is 0. The predicted molar refractivity (Wildman–Crippen MR) is 51.7 cm³/mol. The molecular formula is C9H13NO4S. The Kier molecular flexibility index (Phi) is 2.30. The Bertz CT molecular complexity index is 404. The van der Waals surface area contributed by atoms with Crippen molar-refractivity contribution in [2.45, 2.75) is 18.4 Å². The maximum atomic E-state index is 11.4. The molecule has 2 fully saturated rings. The van der Waals surface area contributed by atoms with Crippen molar-refractivity contribution in [2.75, 3.05) is 24.7 Å². The van der Waals surface area contributed by atoms with Crippen LogP contribution in [0.3, 0.4) is 0 Å². The smallest absolute Gasteiger partial charge is 0.152 e. The Morgan fingerprint density at radius 3 is 2.53 bits per heavy atom. The van der Waals surface area contributed by atoms with E-state index < -0.39 is 20.9 Å². The largest absolute Gasteiger partial charge is 0.386 e. The molecule has 2 aliphatic heterocycles. The lowest BCUT2D eigenvalue weighted by atomic mass is 9.72. The third-order valence-corrected chi connectivity index (χ3v) is 5.17. The van der Waals surface area contributed by atoms with Crippen molar-refractivity contribution in [3.63, 3.8) is 0 Å². The fourth-order valence-corrected chi connectivity index (χ4v) is 4.37. The Balaban J connectivity index is 2.36. The van der Waals surface area contributed by atoms with Crippen LogP contribution in [0.4, 0.5) is 0 Å². The highest BCUT2D eigenvalue weighted by molar-refractivity contribution is 7.91. The van der Waals surface area contributed by atoms with Gasteiger partial charge in [-0.2, -0.15) is 5.26 Å². The minimum atomic E-state index is -3.18. The predicted octanol–water partition coefficient (Wildman–Crippen LogP) is -0.534. The molecular weight excluding hydrogens is 218 g/mol. The van der Waals surface area contributed by atoms with Crippen molar-refractivity contribution in [1.29, 1.82) is 5.26 Å². The van der Waals surface area contributed by atoms with E-state index in [9.17, 15) is 13.5 Å². The quantitative estimate of drug-likeness (QED) is 0.655. The number of sulfone groups is 1. The molecule has 0 aliphatic carbocycles. The zero-order valence-corrected chi connectivity index (χ0v) is 9.09. The number of rotatable bonds is 1. The molecule has 0 aromatic heterocycles. The number of nitriles is 1. The molecule has 2 saturated heterocycles. The molecule has 2 heterocycles. The van der Waals surface area contributed by atoms with E-state index in [1.807, 2.05) is 6.07 Å². The molecule has 1 N–H and O–H groups in total. The van der Waals surface area contributed by atoms with E-state index in [1.165, 1.54) is 0 Å². The molecule has 2 rings (SSSR count). The van der Waals surface area contributed by atoms with E-state index in [4.69, 9.17) is 10.00 Å². The first kappa shape index (κ1) is 10.9. The fourth-order valence-electron chi connectivity index (χ4n) is 2.34. The summed E-state index contributed by atoms with van der Waals surface area (Å²) >= 11 is 0. The summed E-state index contributed by atoms with van der Waals surface area (Å²) < 4.78 is 27.9. The first-order valence-corrected chi connectivity index (χ1v) is 6.67. The van der Waals surface area contributed by atoms with Crippen LogP contribution >= 0.6 is 0 Å². The van der Waals surface area contributed by atoms with Gasteiger partial charge in [-0.1, -0.05) is 0 Å². The maximum Gasteiger partial charge on any atom is 0.152 e. The second-order valence-corrected chi connectivity index (χ2v) is 6.55. The molecule has 84 valence electrons. The second kappa shape index (κ2) is 3.17. The molecule has 0 aromatic rings. The molecule has 0 spiro atoms. The van der Waals surface area contributed by atoms with Crippen LogP contribution in [-0.4, -0.2) is 43.8 Å². The zero-order valence-electron chi connectivity index (χ0n) is 8.27. The minimum Gasteiger partial charge on any atom is -0.386 e. The molecule has 0 amide bonds. The number of ether oxygens (including phenoxy) is 1. The summed E-state index contributed by atoms with van der Waals surface area (Å²) in [5.41, 5.74) is -2.45. The molecule has 2 unspecified atom stereocenters. The number of aliphatic hydroxyl groups is 1. The summed E-state index contributed by atoms with van der Waals surface area (Å²) in [7, 11) is -3.18. The highest BCUT2D eigenvalue weighted by Crippen LogP contribution is 2.45. The summed E-state index contributed by atoms with van der Waals surface area (Å²) in [6.07, 6.45) is 0.557. The van der Waals surface area contributed by atoms with Gasteiger partial charge in [0.2, 0.25) is 0 Å². The second-order valence-electron chi connectivity index (χ2n) is 4.37. The minimum absolute atomic E-state index is 0.0110. The van der Waals surface area contributed by atoms with E-state index in [0.29, 0.717) is 13.0 Å². The van der Waals surface area contributed by atoms with E-state index >= 15 is 0 Å². The standard InChI is InChI=1S/C9H13NO4S/c10-5-8(2-4-15(12,13)7-8)9(11)1-3-14-6-9/h11H,1-4,6-7H2. The third-order valence-electron chi connectivity index (χ3n) is 3.41. The first-order chi connectivity index (χ1) is 6.93. The Hall–Kier alpha value is -0.640. The summed E-state index contributed by atoms with van der Waals surface area (Å²) in [6, 6.07) is 2.01. The molecule has 2 aliphatic rings. The highest BCUT2D eigenvalue weighted by Gasteiger charge is 2.58. The molecule has 15 heavy (non-hydrogen) atoms. The molecule has 2 atom stereocenters. The van der Waals surface area contributed by atoms with Crippen LogP contribution in [-0.2, 0) is 14.6 Å². The molecule has 0 radical (unpaired) electrons.